The summed E-state index contributed by atoms with van der Waals surface area (Å²) in [7, 11) is 0. The van der Waals surface area contributed by atoms with Crippen molar-refractivity contribution in [1.82, 2.24) is 4.90 Å². The van der Waals surface area contributed by atoms with Crippen molar-refractivity contribution in [3.05, 3.63) is 22.4 Å². The topological polar surface area (TPSA) is 46.3 Å². The highest BCUT2D eigenvalue weighted by molar-refractivity contribution is 7.09. The second-order valence-electron chi connectivity index (χ2n) is 5.16. The first-order chi connectivity index (χ1) is 8.13. The van der Waals surface area contributed by atoms with Gasteiger partial charge in [0.2, 0.25) is 5.91 Å². The second-order valence-corrected chi connectivity index (χ2v) is 6.19. The number of thiophene rings is 1. The third-order valence-electron chi connectivity index (χ3n) is 3.57. The van der Waals surface area contributed by atoms with E-state index < -0.39 is 0 Å². The molecule has 0 aliphatic carbocycles. The zero-order chi connectivity index (χ0) is 12.3. The summed E-state index contributed by atoms with van der Waals surface area (Å²) in [6.07, 6.45) is 2.53. The fraction of sp³-hybridized carbons (Fsp3) is 0.615. The maximum Gasteiger partial charge on any atom is 0.222 e. The van der Waals surface area contributed by atoms with Crippen molar-refractivity contribution in [3.63, 3.8) is 0 Å². The molecule has 1 atom stereocenters. The first-order valence-corrected chi connectivity index (χ1v) is 7.01. The molecule has 2 heterocycles. The summed E-state index contributed by atoms with van der Waals surface area (Å²) >= 11 is 1.72. The first kappa shape index (κ1) is 12.6. The highest BCUT2D eigenvalue weighted by atomic mass is 32.1. The lowest BCUT2D eigenvalue weighted by molar-refractivity contribution is -0.130. The van der Waals surface area contributed by atoms with Gasteiger partial charge in [-0.2, -0.15) is 0 Å². The Hall–Kier alpha value is -0.870. The van der Waals surface area contributed by atoms with Gasteiger partial charge in [0.15, 0.2) is 0 Å². The molecule has 1 unspecified atom stereocenters. The second kappa shape index (κ2) is 5.19. The molecule has 4 heteroatoms. The molecule has 0 spiro atoms. The van der Waals surface area contributed by atoms with Crippen molar-refractivity contribution in [3.8, 4) is 0 Å². The standard InChI is InChI=1S/C13H20N2OS/c1-13(9-14)6-7-15(10-13)12(16)5-4-11-3-2-8-17-11/h2-3,8H,4-7,9-10,14H2,1H3. The number of rotatable bonds is 4. The van der Waals surface area contributed by atoms with Crippen molar-refractivity contribution >= 4 is 17.2 Å². The molecule has 0 saturated carbocycles. The zero-order valence-electron chi connectivity index (χ0n) is 10.3. The Morgan fingerprint density at radius 2 is 2.47 bits per heavy atom. The van der Waals surface area contributed by atoms with Gasteiger partial charge in [-0.05, 0) is 36.2 Å². The van der Waals surface area contributed by atoms with Gasteiger partial charge in [0.25, 0.3) is 0 Å². The van der Waals surface area contributed by atoms with Crippen LogP contribution in [0.2, 0.25) is 0 Å². The van der Waals surface area contributed by atoms with E-state index in [0.717, 1.165) is 25.9 Å². The van der Waals surface area contributed by atoms with Crippen LogP contribution >= 0.6 is 11.3 Å². The zero-order valence-corrected chi connectivity index (χ0v) is 11.1. The van der Waals surface area contributed by atoms with E-state index in [9.17, 15) is 4.79 Å². The van der Waals surface area contributed by atoms with Crippen LogP contribution in [0.15, 0.2) is 17.5 Å². The molecule has 1 aromatic heterocycles. The highest BCUT2D eigenvalue weighted by Crippen LogP contribution is 2.29. The molecule has 2 rings (SSSR count). The lowest BCUT2D eigenvalue weighted by Gasteiger charge is -2.22. The van der Waals surface area contributed by atoms with E-state index in [4.69, 9.17) is 5.73 Å². The number of carbonyl (C=O) groups excluding carboxylic acids is 1. The van der Waals surface area contributed by atoms with Crippen LogP contribution in [0.3, 0.4) is 0 Å². The van der Waals surface area contributed by atoms with Crippen LogP contribution in [0.1, 0.15) is 24.6 Å². The normalized spacial score (nSPS) is 24.2. The molecule has 2 N–H and O–H groups in total. The minimum absolute atomic E-state index is 0.137. The Kier molecular flexibility index (Phi) is 3.84. The first-order valence-electron chi connectivity index (χ1n) is 6.13. The van der Waals surface area contributed by atoms with E-state index in [1.165, 1.54) is 4.88 Å². The van der Waals surface area contributed by atoms with Gasteiger partial charge < -0.3 is 10.6 Å². The van der Waals surface area contributed by atoms with Crippen LogP contribution < -0.4 is 5.73 Å². The Bertz CT molecular complexity index is 377. The molecular formula is C13H20N2OS. The quantitative estimate of drug-likeness (QED) is 0.889. The Morgan fingerprint density at radius 1 is 1.65 bits per heavy atom. The molecule has 3 nitrogen and oxygen atoms in total. The van der Waals surface area contributed by atoms with Gasteiger partial charge in [0, 0.05) is 24.4 Å². The Morgan fingerprint density at radius 3 is 3.06 bits per heavy atom. The number of hydrogen-bond acceptors (Lipinski definition) is 3. The molecule has 17 heavy (non-hydrogen) atoms. The van der Waals surface area contributed by atoms with Crippen molar-refractivity contribution in [1.29, 1.82) is 0 Å². The summed E-state index contributed by atoms with van der Waals surface area (Å²) in [5.41, 5.74) is 5.88. The van der Waals surface area contributed by atoms with Gasteiger partial charge in [-0.15, -0.1) is 11.3 Å². The molecule has 1 aromatic rings. The molecular weight excluding hydrogens is 232 g/mol. The molecule has 1 aliphatic heterocycles. The van der Waals surface area contributed by atoms with Crippen LogP contribution in [0.4, 0.5) is 0 Å². The fourth-order valence-electron chi connectivity index (χ4n) is 2.25. The van der Waals surface area contributed by atoms with Gasteiger partial charge in [0.1, 0.15) is 0 Å². The number of hydrogen-bond donors (Lipinski definition) is 1. The molecule has 1 aliphatic rings. The maximum atomic E-state index is 12.0. The minimum Gasteiger partial charge on any atom is -0.342 e. The van der Waals surface area contributed by atoms with Gasteiger partial charge in [-0.3, -0.25) is 4.79 Å². The van der Waals surface area contributed by atoms with Gasteiger partial charge >= 0.3 is 0 Å². The lowest BCUT2D eigenvalue weighted by atomic mass is 9.90. The number of carbonyl (C=O) groups is 1. The molecule has 1 amide bonds. The minimum atomic E-state index is 0.137. The van der Waals surface area contributed by atoms with Crippen LogP contribution in [-0.4, -0.2) is 30.4 Å². The molecule has 1 fully saturated rings. The monoisotopic (exact) mass is 252 g/mol. The van der Waals surface area contributed by atoms with Crippen molar-refractivity contribution < 1.29 is 4.79 Å². The highest BCUT2D eigenvalue weighted by Gasteiger charge is 2.34. The van der Waals surface area contributed by atoms with Gasteiger partial charge in [-0.25, -0.2) is 0 Å². The number of nitrogens with two attached hydrogens (primary N) is 1. The van der Waals surface area contributed by atoms with Crippen LogP contribution in [0.25, 0.3) is 0 Å². The summed E-state index contributed by atoms with van der Waals surface area (Å²) < 4.78 is 0. The van der Waals surface area contributed by atoms with Crippen LogP contribution in [0, 0.1) is 5.41 Å². The predicted molar refractivity (Wildman–Crippen MR) is 71.0 cm³/mol. The smallest absolute Gasteiger partial charge is 0.222 e. The SMILES string of the molecule is CC1(CN)CCN(C(=O)CCc2cccs2)C1. The van der Waals surface area contributed by atoms with E-state index in [-0.39, 0.29) is 11.3 Å². The van der Waals surface area contributed by atoms with E-state index in [1.54, 1.807) is 11.3 Å². The third-order valence-corrected chi connectivity index (χ3v) is 4.50. The van der Waals surface area contributed by atoms with E-state index >= 15 is 0 Å². The predicted octanol–water partition coefficient (Wildman–Crippen LogP) is 1.88. The van der Waals surface area contributed by atoms with E-state index in [1.807, 2.05) is 11.0 Å². The molecule has 0 aromatic carbocycles. The summed E-state index contributed by atoms with van der Waals surface area (Å²) in [5, 5.41) is 2.06. The summed E-state index contributed by atoms with van der Waals surface area (Å²) in [6, 6.07) is 4.12. The molecule has 0 radical (unpaired) electrons. The number of likely N-dealkylation sites (tertiary alicyclic amines) is 1. The summed E-state index contributed by atoms with van der Waals surface area (Å²) in [4.78, 5) is 15.3. The summed E-state index contributed by atoms with van der Waals surface area (Å²) in [6.45, 7) is 4.53. The molecule has 0 bridgehead atoms. The number of nitrogens with zero attached hydrogens (tertiary/aromatic N) is 1. The number of amides is 1. The van der Waals surface area contributed by atoms with E-state index in [2.05, 4.69) is 18.4 Å². The Labute approximate surface area is 107 Å². The summed E-state index contributed by atoms with van der Waals surface area (Å²) in [5.74, 6) is 0.274. The average Bonchev–Trinajstić information content (AvgIpc) is 2.96. The molecule has 94 valence electrons. The van der Waals surface area contributed by atoms with E-state index in [0.29, 0.717) is 13.0 Å². The van der Waals surface area contributed by atoms with Crippen LogP contribution in [-0.2, 0) is 11.2 Å². The third kappa shape index (κ3) is 3.07. The van der Waals surface area contributed by atoms with Crippen molar-refractivity contribution in [2.45, 2.75) is 26.2 Å². The maximum absolute atomic E-state index is 12.0. The lowest BCUT2D eigenvalue weighted by Crippen LogP contribution is -2.34. The average molecular weight is 252 g/mol. The fourth-order valence-corrected chi connectivity index (χ4v) is 2.96. The largest absolute Gasteiger partial charge is 0.342 e. The van der Waals surface area contributed by atoms with Crippen molar-refractivity contribution in [2.24, 2.45) is 11.1 Å². The number of aryl methyl sites for hydroxylation is 1. The van der Waals surface area contributed by atoms with Gasteiger partial charge in [0.05, 0.1) is 0 Å². The van der Waals surface area contributed by atoms with Gasteiger partial charge in [-0.1, -0.05) is 13.0 Å². The van der Waals surface area contributed by atoms with Crippen LogP contribution in [0.5, 0.6) is 0 Å². The Balaban J connectivity index is 1.81. The molecule has 1 saturated heterocycles. The van der Waals surface area contributed by atoms with Crippen molar-refractivity contribution in [2.75, 3.05) is 19.6 Å².